The van der Waals surface area contributed by atoms with Gasteiger partial charge in [0.05, 0.1) is 10.4 Å². The maximum Gasteiger partial charge on any atom is 0.290 e. The lowest BCUT2D eigenvalue weighted by atomic mass is 10.1. The van der Waals surface area contributed by atoms with Crippen molar-refractivity contribution in [3.63, 3.8) is 0 Å². The van der Waals surface area contributed by atoms with Crippen molar-refractivity contribution in [3.8, 4) is 5.69 Å². The predicted molar refractivity (Wildman–Crippen MR) is 95.2 cm³/mol. The molecule has 0 aliphatic carbocycles. The molecule has 4 rings (SSSR count). The molecule has 3 aromatic rings. The van der Waals surface area contributed by atoms with Crippen LogP contribution in [-0.4, -0.2) is 20.7 Å². The van der Waals surface area contributed by atoms with E-state index in [1.165, 1.54) is 0 Å². The standard InChI is InChI=1S/C17H10ClN3O2S/c18-11-1-2-14-13(8-11)10(7-15-16(22)20-17(23)24-15)9-21(14)12-3-5-19-6-4-12/h1-9H,(H,20,22,23)/b15-7-. The summed E-state index contributed by atoms with van der Waals surface area (Å²) in [5.41, 5.74) is 2.71. The lowest BCUT2D eigenvalue weighted by molar-refractivity contribution is -0.115. The number of carbonyl (C=O) groups excluding carboxylic acids is 2. The third kappa shape index (κ3) is 2.60. The summed E-state index contributed by atoms with van der Waals surface area (Å²) in [5, 5.41) is 3.41. The van der Waals surface area contributed by atoms with Crippen molar-refractivity contribution in [3.05, 3.63) is 64.4 Å². The van der Waals surface area contributed by atoms with Crippen molar-refractivity contribution in [1.82, 2.24) is 14.9 Å². The van der Waals surface area contributed by atoms with E-state index in [-0.39, 0.29) is 11.1 Å². The van der Waals surface area contributed by atoms with Crippen LogP contribution in [0, 0.1) is 0 Å². The summed E-state index contributed by atoms with van der Waals surface area (Å²) in [4.78, 5) is 27.6. The van der Waals surface area contributed by atoms with Crippen molar-refractivity contribution in [2.45, 2.75) is 0 Å². The average molecular weight is 356 g/mol. The number of imide groups is 1. The van der Waals surface area contributed by atoms with Crippen molar-refractivity contribution in [2.75, 3.05) is 0 Å². The molecule has 0 spiro atoms. The first-order valence-electron chi connectivity index (χ1n) is 7.08. The van der Waals surface area contributed by atoms with E-state index in [1.54, 1.807) is 18.5 Å². The Morgan fingerprint density at radius 1 is 1.17 bits per heavy atom. The van der Waals surface area contributed by atoms with Crippen LogP contribution in [0.5, 0.6) is 0 Å². The van der Waals surface area contributed by atoms with Gasteiger partial charge in [0, 0.05) is 40.3 Å². The molecule has 2 amide bonds. The summed E-state index contributed by atoms with van der Waals surface area (Å²) in [6, 6.07) is 9.38. The lowest BCUT2D eigenvalue weighted by Crippen LogP contribution is -2.17. The Bertz CT molecular complexity index is 1010. The van der Waals surface area contributed by atoms with E-state index in [2.05, 4.69) is 10.3 Å². The molecule has 0 saturated carbocycles. The molecule has 1 aliphatic rings. The van der Waals surface area contributed by atoms with Gasteiger partial charge in [0.15, 0.2) is 0 Å². The normalized spacial score (nSPS) is 16.1. The number of hydrogen-bond acceptors (Lipinski definition) is 4. The minimum absolute atomic E-state index is 0.359. The molecule has 1 N–H and O–H groups in total. The second-order valence-corrected chi connectivity index (χ2v) is 6.62. The number of pyridine rings is 1. The number of nitrogens with one attached hydrogen (secondary N) is 1. The molecule has 0 radical (unpaired) electrons. The number of halogens is 1. The molecule has 1 fully saturated rings. The van der Waals surface area contributed by atoms with Crippen LogP contribution in [0.15, 0.2) is 53.8 Å². The summed E-state index contributed by atoms with van der Waals surface area (Å²) >= 11 is 7.03. The molecule has 2 aromatic heterocycles. The van der Waals surface area contributed by atoms with E-state index in [1.807, 2.05) is 41.1 Å². The Morgan fingerprint density at radius 3 is 2.67 bits per heavy atom. The largest absolute Gasteiger partial charge is 0.316 e. The monoisotopic (exact) mass is 355 g/mol. The van der Waals surface area contributed by atoms with E-state index < -0.39 is 0 Å². The fourth-order valence-corrected chi connectivity index (χ4v) is 3.47. The highest BCUT2D eigenvalue weighted by Gasteiger charge is 2.25. The van der Waals surface area contributed by atoms with E-state index in [0.29, 0.717) is 9.93 Å². The smallest absolute Gasteiger partial charge is 0.290 e. The average Bonchev–Trinajstić information content (AvgIpc) is 3.08. The van der Waals surface area contributed by atoms with Crippen LogP contribution in [0.1, 0.15) is 5.56 Å². The highest BCUT2D eigenvalue weighted by Crippen LogP contribution is 2.32. The molecule has 1 saturated heterocycles. The highest BCUT2D eigenvalue weighted by molar-refractivity contribution is 8.18. The zero-order chi connectivity index (χ0) is 16.7. The van der Waals surface area contributed by atoms with Gasteiger partial charge < -0.3 is 4.57 Å². The highest BCUT2D eigenvalue weighted by atomic mass is 35.5. The molecule has 3 heterocycles. The number of fused-ring (bicyclic) bond motifs is 1. The fraction of sp³-hybridized carbons (Fsp3) is 0. The van der Waals surface area contributed by atoms with Crippen LogP contribution in [0.4, 0.5) is 4.79 Å². The first-order valence-corrected chi connectivity index (χ1v) is 8.27. The zero-order valence-electron chi connectivity index (χ0n) is 12.2. The van der Waals surface area contributed by atoms with Gasteiger partial charge in [-0.05, 0) is 48.2 Å². The lowest BCUT2D eigenvalue weighted by Gasteiger charge is -2.04. The number of carbonyl (C=O) groups is 2. The molecule has 0 unspecified atom stereocenters. The van der Waals surface area contributed by atoms with Gasteiger partial charge in [0.2, 0.25) is 0 Å². The minimum Gasteiger partial charge on any atom is -0.316 e. The Morgan fingerprint density at radius 2 is 1.96 bits per heavy atom. The zero-order valence-corrected chi connectivity index (χ0v) is 13.8. The van der Waals surface area contributed by atoms with Crippen LogP contribution >= 0.6 is 23.4 Å². The van der Waals surface area contributed by atoms with Crippen molar-refractivity contribution in [1.29, 1.82) is 0 Å². The molecule has 1 aliphatic heterocycles. The molecule has 7 heteroatoms. The van der Waals surface area contributed by atoms with Crippen molar-refractivity contribution >= 4 is 51.5 Å². The van der Waals surface area contributed by atoms with E-state index in [0.717, 1.165) is 33.9 Å². The van der Waals surface area contributed by atoms with Gasteiger partial charge in [-0.1, -0.05) is 11.6 Å². The first kappa shape index (κ1) is 15.0. The van der Waals surface area contributed by atoms with E-state index >= 15 is 0 Å². The SMILES string of the molecule is O=C1NC(=O)/C(=C/c2cn(-c3ccncc3)c3ccc(Cl)cc23)S1. The number of thioether (sulfide) groups is 1. The summed E-state index contributed by atoms with van der Waals surface area (Å²) in [7, 11) is 0. The van der Waals surface area contributed by atoms with Gasteiger partial charge in [-0.25, -0.2) is 0 Å². The molecule has 118 valence electrons. The Balaban J connectivity index is 1.93. The third-order valence-electron chi connectivity index (χ3n) is 3.67. The Hall–Kier alpha value is -2.57. The number of aromatic nitrogens is 2. The summed E-state index contributed by atoms with van der Waals surface area (Å²) in [6.45, 7) is 0. The minimum atomic E-state index is -0.378. The third-order valence-corrected chi connectivity index (χ3v) is 4.71. The van der Waals surface area contributed by atoms with Gasteiger partial charge in [-0.15, -0.1) is 0 Å². The van der Waals surface area contributed by atoms with Gasteiger partial charge >= 0.3 is 0 Å². The number of amides is 2. The van der Waals surface area contributed by atoms with Crippen LogP contribution in [0.3, 0.4) is 0 Å². The molecular formula is C17H10ClN3O2S. The number of hydrogen-bond donors (Lipinski definition) is 1. The van der Waals surface area contributed by atoms with Crippen LogP contribution in [-0.2, 0) is 4.79 Å². The summed E-state index contributed by atoms with van der Waals surface area (Å²) in [5.74, 6) is -0.378. The second-order valence-electron chi connectivity index (χ2n) is 5.17. The molecule has 0 atom stereocenters. The fourth-order valence-electron chi connectivity index (χ4n) is 2.62. The van der Waals surface area contributed by atoms with Crippen LogP contribution in [0.2, 0.25) is 5.02 Å². The number of rotatable bonds is 2. The Labute approximate surface area is 146 Å². The molecule has 24 heavy (non-hydrogen) atoms. The quantitative estimate of drug-likeness (QED) is 0.706. The van der Waals surface area contributed by atoms with Gasteiger partial charge in [-0.3, -0.25) is 19.9 Å². The van der Waals surface area contributed by atoms with Gasteiger partial charge in [-0.2, -0.15) is 0 Å². The van der Waals surface area contributed by atoms with E-state index in [9.17, 15) is 9.59 Å². The van der Waals surface area contributed by atoms with E-state index in [4.69, 9.17) is 11.6 Å². The van der Waals surface area contributed by atoms with Gasteiger partial charge in [0.1, 0.15) is 0 Å². The number of benzene rings is 1. The molecule has 0 bridgehead atoms. The maximum absolute atomic E-state index is 11.8. The molecule has 5 nitrogen and oxygen atoms in total. The summed E-state index contributed by atoms with van der Waals surface area (Å²) < 4.78 is 2.00. The summed E-state index contributed by atoms with van der Waals surface area (Å²) in [6.07, 6.45) is 7.06. The molecular weight excluding hydrogens is 346 g/mol. The maximum atomic E-state index is 11.8. The van der Waals surface area contributed by atoms with Crippen LogP contribution < -0.4 is 5.32 Å². The van der Waals surface area contributed by atoms with Crippen molar-refractivity contribution < 1.29 is 9.59 Å². The number of nitrogens with zero attached hydrogens (tertiary/aromatic N) is 2. The molecule has 1 aromatic carbocycles. The first-order chi connectivity index (χ1) is 11.6. The Kier molecular flexibility index (Phi) is 3.63. The van der Waals surface area contributed by atoms with Gasteiger partial charge in [0.25, 0.3) is 11.1 Å². The van der Waals surface area contributed by atoms with Crippen LogP contribution in [0.25, 0.3) is 22.7 Å². The predicted octanol–water partition coefficient (Wildman–Crippen LogP) is 4.00. The van der Waals surface area contributed by atoms with Crippen molar-refractivity contribution in [2.24, 2.45) is 0 Å². The second kappa shape index (κ2) is 5.81. The topological polar surface area (TPSA) is 64.0 Å².